The predicted octanol–water partition coefficient (Wildman–Crippen LogP) is 1.24. The normalized spacial score (nSPS) is 15.5. The molecule has 1 N–H and O–H groups in total. The van der Waals surface area contributed by atoms with Crippen LogP contribution in [-0.4, -0.2) is 45.8 Å². The van der Waals surface area contributed by atoms with E-state index in [9.17, 15) is 0 Å². The van der Waals surface area contributed by atoms with Crippen molar-refractivity contribution in [3.8, 4) is 0 Å². The number of nitrogens with one attached hydrogen (secondary N) is 1. The first-order valence-electron chi connectivity index (χ1n) is 6.83. The van der Waals surface area contributed by atoms with E-state index in [0.717, 1.165) is 48.7 Å². The van der Waals surface area contributed by atoms with Crippen molar-refractivity contribution in [2.45, 2.75) is 0 Å². The standard InChI is InChI=1S/C14H13N7/c1-15-10-2-3-11-12(8-10)21-9-17-19-14(21)13(18-11)20-6-4-16-5-7-20/h2-3,8-9,16H,4-7H2. The molecule has 0 bridgehead atoms. The molecule has 0 saturated carbocycles. The number of fused-ring (bicyclic) bond motifs is 3. The third-order valence-electron chi connectivity index (χ3n) is 3.74. The summed E-state index contributed by atoms with van der Waals surface area (Å²) in [7, 11) is 0. The SMILES string of the molecule is [C-]#[N+]c1ccc2nc(N3CCNCC3)c3nncn3c2c1. The minimum absolute atomic E-state index is 0.592. The van der Waals surface area contributed by atoms with Crippen LogP contribution in [0.1, 0.15) is 0 Å². The lowest BCUT2D eigenvalue weighted by Gasteiger charge is -2.28. The first kappa shape index (κ1) is 12.1. The maximum absolute atomic E-state index is 7.14. The number of aromatic nitrogens is 4. The summed E-state index contributed by atoms with van der Waals surface area (Å²) in [4.78, 5) is 10.4. The van der Waals surface area contributed by atoms with Gasteiger partial charge in [-0.15, -0.1) is 10.2 Å². The minimum atomic E-state index is 0.592. The van der Waals surface area contributed by atoms with Crippen molar-refractivity contribution in [1.82, 2.24) is 24.9 Å². The molecule has 1 fully saturated rings. The van der Waals surface area contributed by atoms with Crippen LogP contribution in [0.15, 0.2) is 24.5 Å². The highest BCUT2D eigenvalue weighted by Crippen LogP contribution is 2.26. The Balaban J connectivity index is 1.98. The third-order valence-corrected chi connectivity index (χ3v) is 3.74. The predicted molar refractivity (Wildman–Crippen MR) is 79.6 cm³/mol. The fourth-order valence-corrected chi connectivity index (χ4v) is 2.69. The summed E-state index contributed by atoms with van der Waals surface area (Å²) in [5, 5.41) is 11.6. The summed E-state index contributed by atoms with van der Waals surface area (Å²) in [5.41, 5.74) is 3.05. The topological polar surface area (TPSA) is 62.7 Å². The Labute approximate surface area is 121 Å². The summed E-state index contributed by atoms with van der Waals surface area (Å²) in [5.74, 6) is 0.858. The number of piperazine rings is 1. The quantitative estimate of drug-likeness (QED) is 0.679. The molecule has 104 valence electrons. The zero-order chi connectivity index (χ0) is 14.2. The van der Waals surface area contributed by atoms with Crippen LogP contribution < -0.4 is 10.2 Å². The fraction of sp³-hybridized carbons (Fsp3) is 0.286. The Bertz CT molecular complexity index is 855. The third kappa shape index (κ3) is 1.88. The molecule has 0 unspecified atom stereocenters. The average Bonchev–Trinajstić information content (AvgIpc) is 3.04. The van der Waals surface area contributed by atoms with Crippen LogP contribution in [0.2, 0.25) is 0 Å². The average molecular weight is 279 g/mol. The molecule has 1 saturated heterocycles. The van der Waals surface area contributed by atoms with Gasteiger partial charge in [0.15, 0.2) is 11.5 Å². The van der Waals surface area contributed by atoms with Crippen molar-refractivity contribution < 1.29 is 0 Å². The highest BCUT2D eigenvalue weighted by atomic mass is 15.3. The first-order chi connectivity index (χ1) is 10.4. The lowest BCUT2D eigenvalue weighted by atomic mass is 10.2. The smallest absolute Gasteiger partial charge is 0.204 e. The van der Waals surface area contributed by atoms with Gasteiger partial charge < -0.3 is 10.2 Å². The van der Waals surface area contributed by atoms with Crippen LogP contribution in [0, 0.1) is 6.57 Å². The van der Waals surface area contributed by atoms with Gasteiger partial charge in [-0.1, -0.05) is 6.07 Å². The molecule has 3 heterocycles. The second-order valence-corrected chi connectivity index (χ2v) is 4.98. The van der Waals surface area contributed by atoms with Crippen LogP contribution in [-0.2, 0) is 0 Å². The Hall–Kier alpha value is -2.72. The van der Waals surface area contributed by atoms with Gasteiger partial charge in [0.05, 0.1) is 17.6 Å². The van der Waals surface area contributed by atoms with E-state index in [1.807, 2.05) is 16.5 Å². The maximum Gasteiger partial charge on any atom is 0.204 e. The van der Waals surface area contributed by atoms with Gasteiger partial charge in [-0.3, -0.25) is 4.40 Å². The summed E-state index contributed by atoms with van der Waals surface area (Å²) in [6.45, 7) is 10.8. The van der Waals surface area contributed by atoms with Gasteiger partial charge in [0, 0.05) is 26.2 Å². The molecule has 0 amide bonds. The van der Waals surface area contributed by atoms with Crippen molar-refractivity contribution >= 4 is 28.2 Å². The molecule has 0 atom stereocenters. The van der Waals surface area contributed by atoms with E-state index < -0.39 is 0 Å². The van der Waals surface area contributed by atoms with E-state index >= 15 is 0 Å². The summed E-state index contributed by atoms with van der Waals surface area (Å²) in [6.07, 6.45) is 1.68. The molecule has 0 aliphatic carbocycles. The van der Waals surface area contributed by atoms with E-state index in [1.54, 1.807) is 12.4 Å². The first-order valence-corrected chi connectivity index (χ1v) is 6.83. The zero-order valence-electron chi connectivity index (χ0n) is 11.3. The van der Waals surface area contributed by atoms with Crippen LogP contribution >= 0.6 is 0 Å². The lowest BCUT2D eigenvalue weighted by molar-refractivity contribution is 0.586. The van der Waals surface area contributed by atoms with Crippen molar-refractivity contribution in [3.05, 3.63) is 35.9 Å². The largest absolute Gasteiger partial charge is 0.351 e. The summed E-state index contributed by atoms with van der Waals surface area (Å²) >= 11 is 0. The number of hydrogen-bond donors (Lipinski definition) is 1. The number of rotatable bonds is 1. The van der Waals surface area contributed by atoms with E-state index in [1.165, 1.54) is 0 Å². The van der Waals surface area contributed by atoms with Gasteiger partial charge in [0.25, 0.3) is 0 Å². The van der Waals surface area contributed by atoms with Gasteiger partial charge in [-0.25, -0.2) is 9.83 Å². The van der Waals surface area contributed by atoms with Gasteiger partial charge >= 0.3 is 0 Å². The van der Waals surface area contributed by atoms with Crippen LogP contribution in [0.5, 0.6) is 0 Å². The van der Waals surface area contributed by atoms with Gasteiger partial charge in [0.2, 0.25) is 5.65 Å². The molecular weight excluding hydrogens is 266 g/mol. The summed E-state index contributed by atoms with van der Waals surface area (Å²) < 4.78 is 1.91. The number of anilines is 1. The fourth-order valence-electron chi connectivity index (χ4n) is 2.69. The molecular formula is C14H13N7. The maximum atomic E-state index is 7.14. The molecule has 21 heavy (non-hydrogen) atoms. The number of hydrogen-bond acceptors (Lipinski definition) is 5. The number of nitrogens with zero attached hydrogens (tertiary/aromatic N) is 6. The van der Waals surface area contributed by atoms with E-state index in [2.05, 4.69) is 25.3 Å². The molecule has 7 heteroatoms. The Morgan fingerprint density at radius 1 is 1.24 bits per heavy atom. The van der Waals surface area contributed by atoms with Crippen LogP contribution in [0.4, 0.5) is 11.5 Å². The molecule has 1 aliphatic rings. The Morgan fingerprint density at radius 2 is 2.10 bits per heavy atom. The minimum Gasteiger partial charge on any atom is -0.351 e. The van der Waals surface area contributed by atoms with Crippen molar-refractivity contribution in [2.24, 2.45) is 0 Å². The molecule has 7 nitrogen and oxygen atoms in total. The molecule has 1 aliphatic heterocycles. The van der Waals surface area contributed by atoms with Gasteiger partial charge in [-0.2, -0.15) is 0 Å². The van der Waals surface area contributed by atoms with Crippen molar-refractivity contribution in [1.29, 1.82) is 0 Å². The molecule has 3 aromatic rings. The molecule has 0 radical (unpaired) electrons. The highest BCUT2D eigenvalue weighted by molar-refractivity contribution is 5.85. The molecule has 1 aromatic carbocycles. The van der Waals surface area contributed by atoms with Crippen LogP contribution in [0.25, 0.3) is 21.5 Å². The lowest BCUT2D eigenvalue weighted by Crippen LogP contribution is -2.44. The van der Waals surface area contributed by atoms with E-state index in [0.29, 0.717) is 5.69 Å². The monoisotopic (exact) mass is 279 g/mol. The summed E-state index contributed by atoms with van der Waals surface area (Å²) in [6, 6.07) is 5.50. The van der Waals surface area contributed by atoms with Gasteiger partial charge in [-0.05, 0) is 12.1 Å². The second kappa shape index (κ2) is 4.68. The molecule has 4 rings (SSSR count). The molecule has 2 aromatic heterocycles. The van der Waals surface area contributed by atoms with Crippen molar-refractivity contribution in [3.63, 3.8) is 0 Å². The Kier molecular flexibility index (Phi) is 2.69. The van der Waals surface area contributed by atoms with Crippen LogP contribution in [0.3, 0.4) is 0 Å². The number of benzene rings is 1. The van der Waals surface area contributed by atoms with Gasteiger partial charge in [0.1, 0.15) is 6.33 Å². The highest BCUT2D eigenvalue weighted by Gasteiger charge is 2.18. The Morgan fingerprint density at radius 3 is 2.90 bits per heavy atom. The second-order valence-electron chi connectivity index (χ2n) is 4.98. The van der Waals surface area contributed by atoms with E-state index in [4.69, 9.17) is 11.6 Å². The zero-order valence-corrected chi connectivity index (χ0v) is 11.3. The van der Waals surface area contributed by atoms with E-state index in [-0.39, 0.29) is 0 Å². The molecule has 0 spiro atoms. The van der Waals surface area contributed by atoms with Crippen molar-refractivity contribution in [2.75, 3.05) is 31.1 Å².